The Labute approximate surface area is 217 Å². The first-order valence-corrected chi connectivity index (χ1v) is 14.6. The van der Waals surface area contributed by atoms with Crippen LogP contribution in [0.1, 0.15) is 75.5 Å². The molecule has 0 saturated carbocycles. The lowest BCUT2D eigenvalue weighted by atomic mass is 9.96. The van der Waals surface area contributed by atoms with E-state index in [2.05, 4.69) is 27.9 Å². The van der Waals surface area contributed by atoms with Crippen LogP contribution in [-0.4, -0.2) is 34.6 Å². The van der Waals surface area contributed by atoms with Crippen LogP contribution in [0.4, 0.5) is 5.69 Å². The maximum absolute atomic E-state index is 13.3. The fourth-order valence-electron chi connectivity index (χ4n) is 4.41. The maximum Gasteiger partial charge on any atom is 0.305 e. The molecule has 1 aliphatic heterocycles. The molecule has 1 atom stereocenters. The summed E-state index contributed by atoms with van der Waals surface area (Å²) >= 11 is 2.17. The molecule has 186 valence electrons. The molecule has 0 spiro atoms. The normalized spacial score (nSPS) is 16.4. The first-order valence-electron chi connectivity index (χ1n) is 12.1. The summed E-state index contributed by atoms with van der Waals surface area (Å²) in [6.45, 7) is 3.11. The lowest BCUT2D eigenvalue weighted by Crippen LogP contribution is -2.26. The van der Waals surface area contributed by atoms with Gasteiger partial charge in [-0.3, -0.25) is 9.10 Å². The summed E-state index contributed by atoms with van der Waals surface area (Å²) in [5, 5.41) is 3.64. The molecule has 1 unspecified atom stereocenters. The second-order valence-electron chi connectivity index (χ2n) is 8.63. The molecule has 0 radical (unpaired) electrons. The largest absolute Gasteiger partial charge is 0.466 e. The third-order valence-corrected chi connectivity index (χ3v) is 8.72. The van der Waals surface area contributed by atoms with Crippen LogP contribution in [0.5, 0.6) is 0 Å². The monoisotopic (exact) mass is 598 g/mol. The van der Waals surface area contributed by atoms with Crippen molar-refractivity contribution in [2.75, 3.05) is 24.5 Å². The molecule has 0 fully saturated rings. The van der Waals surface area contributed by atoms with E-state index in [1.165, 1.54) is 10.7 Å². The van der Waals surface area contributed by atoms with Crippen LogP contribution in [0.25, 0.3) is 0 Å². The molecule has 0 bridgehead atoms. The van der Waals surface area contributed by atoms with Gasteiger partial charge in [-0.25, -0.2) is 8.42 Å². The highest BCUT2D eigenvalue weighted by Gasteiger charge is 2.34. The van der Waals surface area contributed by atoms with Crippen LogP contribution in [-0.2, 0) is 19.6 Å². The van der Waals surface area contributed by atoms with Crippen molar-refractivity contribution in [1.29, 1.82) is 0 Å². The van der Waals surface area contributed by atoms with Gasteiger partial charge in [0.05, 0.1) is 23.2 Å². The average molecular weight is 599 g/mol. The van der Waals surface area contributed by atoms with Gasteiger partial charge in [0.1, 0.15) is 0 Å². The number of ether oxygens (including phenoxy) is 1. The van der Waals surface area contributed by atoms with Crippen molar-refractivity contribution < 1.29 is 17.9 Å². The molecule has 1 heterocycles. The fourth-order valence-corrected chi connectivity index (χ4v) is 6.59. The second-order valence-corrected chi connectivity index (χ2v) is 11.8. The number of nitrogens with zero attached hydrogens (tertiary/aromatic N) is 1. The lowest BCUT2D eigenvalue weighted by molar-refractivity contribution is -0.143. The standard InChI is InChI=1S/C26H35IN2O4S/c1-3-33-25(30)15-9-7-5-4-6-8-12-18-28-26-21-13-10-11-14-23(21)29(2)34(31,32)24-19-20(27)16-17-22(24)26/h10-11,13-14,16-17,19,26,28H,3-9,12,15,18H2,1-2H3. The Morgan fingerprint density at radius 3 is 2.41 bits per heavy atom. The number of sulfonamides is 1. The predicted octanol–water partition coefficient (Wildman–Crippen LogP) is 5.79. The van der Waals surface area contributed by atoms with Crippen molar-refractivity contribution in [2.45, 2.75) is 69.2 Å². The number of unbranched alkanes of at least 4 members (excludes halogenated alkanes) is 6. The number of nitrogens with one attached hydrogen (secondary N) is 1. The molecular formula is C26H35IN2O4S. The molecule has 0 aliphatic carbocycles. The highest BCUT2D eigenvalue weighted by Crippen LogP contribution is 2.40. The van der Waals surface area contributed by atoms with Gasteiger partial charge in [0, 0.05) is 17.0 Å². The van der Waals surface area contributed by atoms with Gasteiger partial charge in [0.15, 0.2) is 0 Å². The molecular weight excluding hydrogens is 563 g/mol. The van der Waals surface area contributed by atoms with Crippen molar-refractivity contribution in [3.63, 3.8) is 0 Å². The first kappa shape index (κ1) is 26.9. The molecule has 2 aromatic rings. The van der Waals surface area contributed by atoms with Crippen LogP contribution >= 0.6 is 22.6 Å². The van der Waals surface area contributed by atoms with Crippen molar-refractivity contribution in [3.8, 4) is 0 Å². The third-order valence-electron chi connectivity index (χ3n) is 6.22. The zero-order valence-corrected chi connectivity index (χ0v) is 23.0. The summed E-state index contributed by atoms with van der Waals surface area (Å²) < 4.78 is 34.0. The summed E-state index contributed by atoms with van der Waals surface area (Å²) in [6, 6.07) is 13.2. The summed E-state index contributed by atoms with van der Waals surface area (Å²) in [7, 11) is -1.99. The summed E-state index contributed by atoms with van der Waals surface area (Å²) in [5.74, 6) is -0.0936. The van der Waals surface area contributed by atoms with E-state index in [-0.39, 0.29) is 12.0 Å². The minimum absolute atomic E-state index is 0.0936. The van der Waals surface area contributed by atoms with Gasteiger partial charge < -0.3 is 10.1 Å². The number of anilines is 1. The first-order chi connectivity index (χ1) is 16.4. The number of esters is 1. The van der Waals surface area contributed by atoms with Gasteiger partial charge in [-0.2, -0.15) is 0 Å². The molecule has 1 N–H and O–H groups in total. The number of hydrogen-bond donors (Lipinski definition) is 1. The molecule has 0 amide bonds. The topological polar surface area (TPSA) is 75.7 Å². The van der Waals surface area contributed by atoms with E-state index < -0.39 is 10.0 Å². The second kappa shape index (κ2) is 12.9. The number of rotatable bonds is 12. The number of carbonyl (C=O) groups excluding carboxylic acids is 1. The highest BCUT2D eigenvalue weighted by atomic mass is 127. The molecule has 34 heavy (non-hydrogen) atoms. The van der Waals surface area contributed by atoms with Crippen LogP contribution in [0.15, 0.2) is 47.4 Å². The summed E-state index contributed by atoms with van der Waals surface area (Å²) in [5.41, 5.74) is 2.50. The minimum Gasteiger partial charge on any atom is -0.466 e. The molecule has 0 saturated heterocycles. The fraction of sp³-hybridized carbons (Fsp3) is 0.500. The van der Waals surface area contributed by atoms with Crippen molar-refractivity contribution in [3.05, 3.63) is 57.2 Å². The number of carbonyl (C=O) groups is 1. The van der Waals surface area contributed by atoms with Crippen LogP contribution in [0, 0.1) is 3.57 Å². The van der Waals surface area contributed by atoms with Gasteiger partial charge >= 0.3 is 5.97 Å². The number of fused-ring (bicyclic) bond motifs is 2. The Balaban J connectivity index is 1.55. The van der Waals surface area contributed by atoms with Gasteiger partial charge in [0.2, 0.25) is 0 Å². The Kier molecular flexibility index (Phi) is 10.2. The molecule has 6 nitrogen and oxygen atoms in total. The molecule has 8 heteroatoms. The number of hydrogen-bond acceptors (Lipinski definition) is 5. The van der Waals surface area contributed by atoms with Gasteiger partial charge in [-0.1, -0.05) is 56.4 Å². The van der Waals surface area contributed by atoms with E-state index in [0.29, 0.717) is 23.6 Å². The number of benzene rings is 2. The lowest BCUT2D eigenvalue weighted by Gasteiger charge is -2.22. The maximum atomic E-state index is 13.3. The average Bonchev–Trinajstić information content (AvgIpc) is 2.88. The van der Waals surface area contributed by atoms with Crippen LogP contribution in [0.3, 0.4) is 0 Å². The van der Waals surface area contributed by atoms with E-state index >= 15 is 0 Å². The van der Waals surface area contributed by atoms with E-state index in [0.717, 1.165) is 59.8 Å². The Bertz CT molecular complexity index is 1070. The summed E-state index contributed by atoms with van der Waals surface area (Å²) in [6.07, 6.45) is 8.10. The van der Waals surface area contributed by atoms with E-state index in [9.17, 15) is 13.2 Å². The van der Waals surface area contributed by atoms with E-state index in [4.69, 9.17) is 4.74 Å². The zero-order valence-electron chi connectivity index (χ0n) is 20.1. The molecule has 2 aromatic carbocycles. The SMILES string of the molecule is CCOC(=O)CCCCCCCCCNC1c2ccccc2N(C)S(=O)(=O)c2cc(I)ccc21. The number of para-hydroxylation sites is 1. The van der Waals surface area contributed by atoms with Gasteiger partial charge in [-0.05, 0) is 78.2 Å². The quantitative estimate of drug-likeness (QED) is 0.190. The molecule has 0 aromatic heterocycles. The van der Waals surface area contributed by atoms with E-state index in [1.807, 2.05) is 43.3 Å². The Morgan fingerprint density at radius 1 is 1.00 bits per heavy atom. The minimum atomic E-state index is -3.63. The Hall–Kier alpha value is -1.65. The smallest absolute Gasteiger partial charge is 0.305 e. The van der Waals surface area contributed by atoms with Crippen LogP contribution in [0.2, 0.25) is 0 Å². The van der Waals surface area contributed by atoms with Crippen molar-refractivity contribution in [2.24, 2.45) is 0 Å². The summed E-state index contributed by atoms with van der Waals surface area (Å²) in [4.78, 5) is 11.7. The van der Waals surface area contributed by atoms with Crippen molar-refractivity contribution in [1.82, 2.24) is 5.32 Å². The number of halogens is 1. The third kappa shape index (κ3) is 6.73. The highest BCUT2D eigenvalue weighted by molar-refractivity contribution is 14.1. The molecule has 1 aliphatic rings. The van der Waals surface area contributed by atoms with Gasteiger partial charge in [0.25, 0.3) is 10.0 Å². The zero-order chi connectivity index (χ0) is 24.6. The Morgan fingerprint density at radius 2 is 1.68 bits per heavy atom. The predicted molar refractivity (Wildman–Crippen MR) is 145 cm³/mol. The van der Waals surface area contributed by atoms with Crippen LogP contribution < -0.4 is 9.62 Å². The van der Waals surface area contributed by atoms with Gasteiger partial charge in [-0.15, -0.1) is 0 Å². The molecule has 3 rings (SSSR count). The van der Waals surface area contributed by atoms with Crippen molar-refractivity contribution >= 4 is 44.3 Å². The van der Waals surface area contributed by atoms with E-state index in [1.54, 1.807) is 13.1 Å².